The highest BCUT2D eigenvalue weighted by Crippen LogP contribution is 2.29. The number of fused-ring (bicyclic) bond motifs is 1. The first-order valence-corrected chi connectivity index (χ1v) is 9.22. The highest BCUT2D eigenvalue weighted by molar-refractivity contribution is 7.18. The Bertz CT molecular complexity index is 867. The van der Waals surface area contributed by atoms with Gasteiger partial charge in [-0.05, 0) is 12.8 Å². The average Bonchev–Trinajstić information content (AvgIpc) is 3.05. The van der Waals surface area contributed by atoms with E-state index in [1.165, 1.54) is 4.90 Å². The van der Waals surface area contributed by atoms with E-state index in [1.807, 2.05) is 19.1 Å². The quantitative estimate of drug-likeness (QED) is 0.504. The van der Waals surface area contributed by atoms with Crippen molar-refractivity contribution in [2.45, 2.75) is 39.2 Å². The second-order valence-electron chi connectivity index (χ2n) is 5.82. The molecule has 5 nitrogen and oxygen atoms in total. The van der Waals surface area contributed by atoms with Crippen LogP contribution in [0, 0.1) is 17.5 Å². The van der Waals surface area contributed by atoms with E-state index in [9.17, 15) is 22.8 Å². The molecule has 0 spiro atoms. The van der Waals surface area contributed by atoms with Crippen LogP contribution in [0.2, 0.25) is 0 Å². The summed E-state index contributed by atoms with van der Waals surface area (Å²) in [5.41, 5.74) is -0.406. The summed E-state index contributed by atoms with van der Waals surface area (Å²) in [5.74, 6) is -4.95. The van der Waals surface area contributed by atoms with Gasteiger partial charge in [0, 0.05) is 19.0 Å². The molecular weight excluding hydrogens is 381 g/mol. The first kappa shape index (κ1) is 20.9. The average molecular weight is 400 g/mol. The maximum absolute atomic E-state index is 13.8. The molecule has 0 unspecified atom stereocenters. The summed E-state index contributed by atoms with van der Waals surface area (Å²) < 4.78 is 40.9. The summed E-state index contributed by atoms with van der Waals surface area (Å²) in [6, 6.07) is 0.463. The van der Waals surface area contributed by atoms with Crippen LogP contribution in [0.1, 0.15) is 37.6 Å². The Morgan fingerprint density at radius 1 is 1.22 bits per heavy atom. The Morgan fingerprint density at radius 3 is 2.63 bits per heavy atom. The van der Waals surface area contributed by atoms with Crippen molar-refractivity contribution in [3.05, 3.63) is 40.7 Å². The Hall–Kier alpha value is -2.42. The van der Waals surface area contributed by atoms with Crippen molar-refractivity contribution >= 4 is 33.4 Å². The fourth-order valence-electron chi connectivity index (χ4n) is 2.44. The maximum Gasteiger partial charge on any atom is 0.303 e. The summed E-state index contributed by atoms with van der Waals surface area (Å²) in [5, 5.41) is 9.00. The summed E-state index contributed by atoms with van der Waals surface area (Å²) in [4.78, 5) is 28.4. The number of thiazole rings is 1. The molecule has 0 aliphatic heterocycles. The molecule has 0 bridgehead atoms. The van der Waals surface area contributed by atoms with Crippen molar-refractivity contribution in [2.24, 2.45) is 0 Å². The largest absolute Gasteiger partial charge is 0.481 e. The molecule has 0 radical (unpaired) electrons. The van der Waals surface area contributed by atoms with Crippen LogP contribution in [0.3, 0.4) is 0 Å². The molecule has 1 amide bonds. The van der Waals surface area contributed by atoms with E-state index < -0.39 is 34.8 Å². The Balaban J connectivity index is 2.22. The molecule has 1 aromatic heterocycles. The number of hydrogen-bond acceptors (Lipinski definition) is 4. The van der Waals surface area contributed by atoms with Crippen molar-refractivity contribution < 1.29 is 27.9 Å². The fourth-order valence-corrected chi connectivity index (χ4v) is 3.42. The number of allylic oxidation sites excluding steroid dienone is 1. The third-order valence-corrected chi connectivity index (χ3v) is 4.81. The third kappa shape index (κ3) is 5.53. The molecule has 146 valence electrons. The van der Waals surface area contributed by atoms with Crippen molar-refractivity contribution in [2.75, 3.05) is 6.54 Å². The van der Waals surface area contributed by atoms with E-state index in [1.54, 1.807) is 0 Å². The number of halogens is 3. The van der Waals surface area contributed by atoms with E-state index >= 15 is 0 Å². The minimum Gasteiger partial charge on any atom is -0.481 e. The number of benzene rings is 1. The van der Waals surface area contributed by atoms with E-state index in [2.05, 4.69) is 4.98 Å². The fraction of sp³-hybridized carbons (Fsp3) is 0.389. The second kappa shape index (κ2) is 9.50. The normalized spacial score (nSPS) is 11.4. The molecule has 2 aromatic rings. The zero-order valence-electron chi connectivity index (χ0n) is 14.7. The van der Waals surface area contributed by atoms with Gasteiger partial charge in [-0.1, -0.05) is 19.1 Å². The SMILES string of the molecule is CCC=CCCN(Cc1nc2c(F)c(F)cc(F)c2s1)C(=O)CCC(=O)O. The van der Waals surface area contributed by atoms with Gasteiger partial charge in [-0.15, -0.1) is 11.3 Å². The smallest absolute Gasteiger partial charge is 0.303 e. The zero-order valence-corrected chi connectivity index (χ0v) is 15.5. The van der Waals surface area contributed by atoms with E-state index in [0.717, 1.165) is 17.8 Å². The molecular formula is C18H19F3N2O3S. The van der Waals surface area contributed by atoms with Crippen LogP contribution in [0.5, 0.6) is 0 Å². The predicted octanol–water partition coefficient (Wildman–Crippen LogP) is 4.26. The summed E-state index contributed by atoms with van der Waals surface area (Å²) in [7, 11) is 0. The van der Waals surface area contributed by atoms with Crippen LogP contribution in [0.15, 0.2) is 18.2 Å². The van der Waals surface area contributed by atoms with Gasteiger partial charge in [-0.3, -0.25) is 9.59 Å². The molecule has 0 atom stereocenters. The van der Waals surface area contributed by atoms with Crippen molar-refractivity contribution in [3.63, 3.8) is 0 Å². The van der Waals surface area contributed by atoms with Crippen LogP contribution in [-0.4, -0.2) is 33.4 Å². The van der Waals surface area contributed by atoms with Crippen LogP contribution in [0.25, 0.3) is 10.2 Å². The first-order valence-electron chi connectivity index (χ1n) is 8.41. The van der Waals surface area contributed by atoms with Crippen molar-refractivity contribution in [1.29, 1.82) is 0 Å². The molecule has 2 rings (SSSR count). The van der Waals surface area contributed by atoms with Gasteiger partial charge >= 0.3 is 5.97 Å². The van der Waals surface area contributed by atoms with Gasteiger partial charge in [-0.25, -0.2) is 18.2 Å². The topological polar surface area (TPSA) is 70.5 Å². The molecule has 1 N–H and O–H groups in total. The Labute approximate surface area is 158 Å². The lowest BCUT2D eigenvalue weighted by Gasteiger charge is -2.20. The number of carbonyl (C=O) groups excluding carboxylic acids is 1. The number of amides is 1. The molecule has 27 heavy (non-hydrogen) atoms. The molecule has 0 saturated heterocycles. The minimum absolute atomic E-state index is 0.0295. The van der Waals surface area contributed by atoms with Gasteiger partial charge in [-0.2, -0.15) is 0 Å². The number of carboxylic acids is 1. The number of aliphatic carboxylic acids is 1. The summed E-state index contributed by atoms with van der Waals surface area (Å²) in [6.07, 6.45) is 4.73. The van der Waals surface area contributed by atoms with Gasteiger partial charge in [0.25, 0.3) is 0 Å². The predicted molar refractivity (Wildman–Crippen MR) is 95.8 cm³/mol. The van der Waals surface area contributed by atoms with Crippen molar-refractivity contribution in [3.8, 4) is 0 Å². The van der Waals surface area contributed by atoms with Gasteiger partial charge in [0.05, 0.1) is 17.7 Å². The number of carboxylic acid groups (broad SMARTS) is 1. The minimum atomic E-state index is -1.32. The van der Waals surface area contributed by atoms with Gasteiger partial charge in [0.1, 0.15) is 16.3 Å². The number of hydrogen-bond donors (Lipinski definition) is 1. The lowest BCUT2D eigenvalue weighted by molar-refractivity contribution is -0.141. The molecule has 1 heterocycles. The van der Waals surface area contributed by atoms with E-state index in [-0.39, 0.29) is 29.1 Å². The maximum atomic E-state index is 13.8. The first-order chi connectivity index (χ1) is 12.8. The Morgan fingerprint density at radius 2 is 1.96 bits per heavy atom. The number of carbonyl (C=O) groups is 2. The lowest BCUT2D eigenvalue weighted by Crippen LogP contribution is -2.31. The molecule has 0 aliphatic carbocycles. The molecule has 0 aliphatic rings. The zero-order chi connectivity index (χ0) is 20.0. The van der Waals surface area contributed by atoms with Crippen LogP contribution in [0.4, 0.5) is 13.2 Å². The second-order valence-corrected chi connectivity index (χ2v) is 6.90. The van der Waals surface area contributed by atoms with Crippen LogP contribution in [-0.2, 0) is 16.1 Å². The van der Waals surface area contributed by atoms with Gasteiger partial charge < -0.3 is 10.0 Å². The number of rotatable bonds is 9. The highest BCUT2D eigenvalue weighted by atomic mass is 32.1. The number of aromatic nitrogens is 1. The highest BCUT2D eigenvalue weighted by Gasteiger charge is 2.20. The van der Waals surface area contributed by atoms with E-state index in [4.69, 9.17) is 5.11 Å². The number of nitrogens with zero attached hydrogens (tertiary/aromatic N) is 2. The molecule has 0 fully saturated rings. The van der Waals surface area contributed by atoms with Crippen molar-refractivity contribution in [1.82, 2.24) is 9.88 Å². The Kier molecular flexibility index (Phi) is 7.35. The molecule has 9 heteroatoms. The molecule has 0 saturated carbocycles. The van der Waals surface area contributed by atoms with Gasteiger partial charge in [0.15, 0.2) is 11.6 Å². The summed E-state index contributed by atoms with van der Waals surface area (Å²) >= 11 is 0.840. The third-order valence-electron chi connectivity index (χ3n) is 3.76. The lowest BCUT2D eigenvalue weighted by atomic mass is 10.2. The van der Waals surface area contributed by atoms with E-state index in [0.29, 0.717) is 19.0 Å². The molecule has 1 aromatic carbocycles. The van der Waals surface area contributed by atoms with Crippen LogP contribution < -0.4 is 0 Å². The van der Waals surface area contributed by atoms with Gasteiger partial charge in [0.2, 0.25) is 5.91 Å². The van der Waals surface area contributed by atoms with Crippen LogP contribution >= 0.6 is 11.3 Å². The monoisotopic (exact) mass is 400 g/mol. The standard InChI is InChI=1S/C18H19F3N2O3S/c1-2-3-4-5-8-23(14(24)6-7-15(25)26)10-13-22-17-16(21)11(19)9-12(20)18(17)27-13/h3-4,9H,2,5-8,10H2,1H3,(H,25,26). The summed E-state index contributed by atoms with van der Waals surface area (Å²) in [6.45, 7) is 2.25.